The van der Waals surface area contributed by atoms with E-state index in [1.807, 2.05) is 6.07 Å². The number of pyridine rings is 1. The molecular weight excluding hydrogens is 194 g/mol. The number of hydrogen-bond acceptors (Lipinski definition) is 4. The number of hydrogen-bond donors (Lipinski definition) is 0. The van der Waals surface area contributed by atoms with Crippen LogP contribution in [0.15, 0.2) is 12.3 Å². The van der Waals surface area contributed by atoms with Crippen molar-refractivity contribution in [1.29, 1.82) is 0 Å². The van der Waals surface area contributed by atoms with Gasteiger partial charge in [-0.05, 0) is 6.07 Å². The Labute approximate surface area is 88.2 Å². The van der Waals surface area contributed by atoms with E-state index in [0.29, 0.717) is 13.2 Å². The highest BCUT2D eigenvalue weighted by molar-refractivity contribution is 5.41. The molecule has 1 aromatic heterocycles. The summed E-state index contributed by atoms with van der Waals surface area (Å²) in [5.74, 6) is 0.865. The third-order valence-electron chi connectivity index (χ3n) is 3.14. The molecule has 0 bridgehead atoms. The topological polar surface area (TPSA) is 40.6 Å². The molecule has 0 aromatic carbocycles. The van der Waals surface area contributed by atoms with Gasteiger partial charge in [-0.15, -0.1) is 0 Å². The molecule has 4 nitrogen and oxygen atoms in total. The Morgan fingerprint density at radius 2 is 2.47 bits per heavy atom. The Morgan fingerprint density at radius 1 is 1.53 bits per heavy atom. The molecule has 1 unspecified atom stereocenters. The third-order valence-corrected chi connectivity index (χ3v) is 3.14. The van der Waals surface area contributed by atoms with Gasteiger partial charge in [-0.25, -0.2) is 0 Å². The first kappa shape index (κ1) is 9.12. The van der Waals surface area contributed by atoms with Crippen LogP contribution in [0, 0.1) is 0 Å². The average molecular weight is 207 g/mol. The zero-order chi connectivity index (χ0) is 10.3. The van der Waals surface area contributed by atoms with Crippen molar-refractivity contribution in [1.82, 2.24) is 4.98 Å². The van der Waals surface area contributed by atoms with E-state index < -0.39 is 0 Å². The first-order chi connectivity index (χ1) is 7.36. The van der Waals surface area contributed by atoms with E-state index in [0.717, 1.165) is 30.0 Å². The summed E-state index contributed by atoms with van der Waals surface area (Å²) in [4.78, 5) is 4.42. The molecule has 1 aromatic rings. The summed E-state index contributed by atoms with van der Waals surface area (Å²) in [5, 5.41) is 0. The molecule has 1 atom stereocenters. The Balaban J connectivity index is 2.10. The van der Waals surface area contributed by atoms with Crippen LogP contribution in [0.5, 0.6) is 5.75 Å². The molecule has 0 N–H and O–H groups in total. The summed E-state index contributed by atoms with van der Waals surface area (Å²) >= 11 is 0. The second-order valence-electron chi connectivity index (χ2n) is 3.93. The summed E-state index contributed by atoms with van der Waals surface area (Å²) in [6, 6.07) is 1.87. The molecular formula is C11H13NO3. The lowest BCUT2D eigenvalue weighted by Gasteiger charge is -2.20. The van der Waals surface area contributed by atoms with Gasteiger partial charge in [-0.2, -0.15) is 0 Å². The van der Waals surface area contributed by atoms with Crippen LogP contribution in [0.3, 0.4) is 0 Å². The van der Waals surface area contributed by atoms with Gasteiger partial charge in [-0.3, -0.25) is 4.98 Å². The molecule has 1 spiro atoms. The van der Waals surface area contributed by atoms with Crippen LogP contribution in [-0.4, -0.2) is 25.3 Å². The first-order valence-corrected chi connectivity index (χ1v) is 5.10. The van der Waals surface area contributed by atoms with Crippen LogP contribution in [0.4, 0.5) is 0 Å². The molecule has 80 valence electrons. The predicted octanol–water partition coefficient (Wildman–Crippen LogP) is 1.24. The fourth-order valence-electron chi connectivity index (χ4n) is 2.32. The van der Waals surface area contributed by atoms with Gasteiger partial charge in [0.25, 0.3) is 0 Å². The van der Waals surface area contributed by atoms with Crippen molar-refractivity contribution >= 4 is 0 Å². The van der Waals surface area contributed by atoms with Crippen LogP contribution in [0.2, 0.25) is 0 Å². The number of aromatic nitrogens is 1. The number of ether oxygens (including phenoxy) is 3. The van der Waals surface area contributed by atoms with Crippen molar-refractivity contribution in [2.24, 2.45) is 0 Å². The second-order valence-corrected chi connectivity index (χ2v) is 3.93. The quantitative estimate of drug-likeness (QED) is 0.694. The van der Waals surface area contributed by atoms with Crippen LogP contribution >= 0.6 is 0 Å². The normalized spacial score (nSPS) is 28.3. The van der Waals surface area contributed by atoms with Crippen molar-refractivity contribution in [3.05, 3.63) is 23.5 Å². The molecule has 2 aliphatic heterocycles. The molecule has 4 heteroatoms. The van der Waals surface area contributed by atoms with Gasteiger partial charge < -0.3 is 14.2 Å². The minimum absolute atomic E-state index is 0.302. The van der Waals surface area contributed by atoms with Crippen LogP contribution in [0.1, 0.15) is 17.7 Å². The Morgan fingerprint density at radius 3 is 3.20 bits per heavy atom. The standard InChI is InChI=1S/C11H13NO3/c1-13-9-2-4-12-10-8(9)6-15-11(10)3-5-14-7-11/h2,4H,3,5-7H2,1H3. The molecule has 0 saturated carbocycles. The fourth-order valence-corrected chi connectivity index (χ4v) is 2.32. The summed E-state index contributed by atoms with van der Waals surface area (Å²) in [6.07, 6.45) is 2.66. The molecule has 3 heterocycles. The number of fused-ring (bicyclic) bond motifs is 2. The minimum atomic E-state index is -0.302. The van der Waals surface area contributed by atoms with Crippen molar-refractivity contribution in [3.63, 3.8) is 0 Å². The zero-order valence-electron chi connectivity index (χ0n) is 8.66. The van der Waals surface area contributed by atoms with E-state index in [-0.39, 0.29) is 5.60 Å². The van der Waals surface area contributed by atoms with E-state index in [4.69, 9.17) is 14.2 Å². The van der Waals surface area contributed by atoms with Gasteiger partial charge in [0.2, 0.25) is 0 Å². The summed E-state index contributed by atoms with van der Waals surface area (Å²) < 4.78 is 16.6. The predicted molar refractivity (Wildman–Crippen MR) is 52.7 cm³/mol. The Hall–Kier alpha value is -1.13. The van der Waals surface area contributed by atoms with Crippen LogP contribution < -0.4 is 4.74 Å². The number of rotatable bonds is 1. The van der Waals surface area contributed by atoms with Gasteiger partial charge in [-0.1, -0.05) is 0 Å². The minimum Gasteiger partial charge on any atom is -0.496 e. The van der Waals surface area contributed by atoms with E-state index in [2.05, 4.69) is 4.98 Å². The summed E-state index contributed by atoms with van der Waals surface area (Å²) in [6.45, 7) is 1.94. The number of methoxy groups -OCH3 is 1. The monoisotopic (exact) mass is 207 g/mol. The number of nitrogens with zero attached hydrogens (tertiary/aromatic N) is 1. The molecule has 0 amide bonds. The van der Waals surface area contributed by atoms with E-state index >= 15 is 0 Å². The highest BCUT2D eigenvalue weighted by atomic mass is 16.6. The largest absolute Gasteiger partial charge is 0.496 e. The highest BCUT2D eigenvalue weighted by Gasteiger charge is 2.45. The van der Waals surface area contributed by atoms with Gasteiger partial charge in [0.05, 0.1) is 26.0 Å². The lowest BCUT2D eigenvalue weighted by atomic mass is 9.97. The zero-order valence-corrected chi connectivity index (χ0v) is 8.66. The Kier molecular flexibility index (Phi) is 1.94. The van der Waals surface area contributed by atoms with Crippen molar-refractivity contribution in [2.75, 3.05) is 20.3 Å². The maximum atomic E-state index is 5.85. The van der Waals surface area contributed by atoms with Crippen molar-refractivity contribution in [2.45, 2.75) is 18.6 Å². The van der Waals surface area contributed by atoms with E-state index in [1.54, 1.807) is 13.3 Å². The maximum Gasteiger partial charge on any atom is 0.136 e. The van der Waals surface area contributed by atoms with E-state index in [1.165, 1.54) is 0 Å². The van der Waals surface area contributed by atoms with Crippen LogP contribution in [0.25, 0.3) is 0 Å². The van der Waals surface area contributed by atoms with Crippen molar-refractivity contribution < 1.29 is 14.2 Å². The molecule has 1 saturated heterocycles. The molecule has 0 aliphatic carbocycles. The maximum absolute atomic E-state index is 5.85. The molecule has 1 fully saturated rings. The van der Waals surface area contributed by atoms with Gasteiger partial charge in [0.1, 0.15) is 11.4 Å². The molecule has 15 heavy (non-hydrogen) atoms. The molecule has 3 rings (SSSR count). The summed E-state index contributed by atoms with van der Waals surface area (Å²) in [7, 11) is 1.67. The molecule has 2 aliphatic rings. The van der Waals surface area contributed by atoms with Gasteiger partial charge in [0.15, 0.2) is 0 Å². The first-order valence-electron chi connectivity index (χ1n) is 5.10. The summed E-state index contributed by atoms with van der Waals surface area (Å²) in [5.41, 5.74) is 1.77. The average Bonchev–Trinajstić information content (AvgIpc) is 2.89. The highest BCUT2D eigenvalue weighted by Crippen LogP contribution is 2.43. The van der Waals surface area contributed by atoms with Gasteiger partial charge >= 0.3 is 0 Å². The fraction of sp³-hybridized carbons (Fsp3) is 0.545. The third kappa shape index (κ3) is 1.18. The van der Waals surface area contributed by atoms with Crippen molar-refractivity contribution in [3.8, 4) is 5.75 Å². The molecule has 0 radical (unpaired) electrons. The smallest absolute Gasteiger partial charge is 0.136 e. The van der Waals surface area contributed by atoms with Crippen LogP contribution in [-0.2, 0) is 21.7 Å². The second kappa shape index (κ2) is 3.18. The van der Waals surface area contributed by atoms with E-state index in [9.17, 15) is 0 Å². The lowest BCUT2D eigenvalue weighted by molar-refractivity contribution is -0.0443. The lowest BCUT2D eigenvalue weighted by Crippen LogP contribution is -2.26. The Bertz CT molecular complexity index is 385. The van der Waals surface area contributed by atoms with Gasteiger partial charge in [0, 0.05) is 24.8 Å². The SMILES string of the molecule is COc1ccnc2c1COC21CCOC1.